The average Bonchev–Trinajstić information content (AvgIpc) is 3.69. The van der Waals surface area contributed by atoms with Gasteiger partial charge in [0.05, 0.1) is 15.9 Å². The van der Waals surface area contributed by atoms with E-state index in [-0.39, 0.29) is 0 Å². The van der Waals surface area contributed by atoms with Gasteiger partial charge >= 0.3 is 0 Å². The van der Waals surface area contributed by atoms with Gasteiger partial charge in [-0.3, -0.25) is 0 Å². The highest BCUT2D eigenvalue weighted by Crippen LogP contribution is 2.39. The summed E-state index contributed by atoms with van der Waals surface area (Å²) in [5.41, 5.74) is 11.3. The van der Waals surface area contributed by atoms with Crippen molar-refractivity contribution in [2.75, 3.05) is 0 Å². The molecule has 0 bridgehead atoms. The van der Waals surface area contributed by atoms with E-state index in [4.69, 9.17) is 16.0 Å². The average molecular weight is 625 g/mol. The highest BCUT2D eigenvalue weighted by molar-refractivity contribution is 6.34. The minimum atomic E-state index is 0.549. The van der Waals surface area contributed by atoms with Crippen LogP contribution in [0.25, 0.3) is 85.2 Å². The molecule has 4 heteroatoms. The van der Waals surface area contributed by atoms with Crippen LogP contribution >= 0.6 is 11.6 Å². The van der Waals surface area contributed by atoms with Crippen molar-refractivity contribution in [2.45, 2.75) is 0 Å². The van der Waals surface area contributed by atoms with Crippen molar-refractivity contribution >= 4 is 46.3 Å². The van der Waals surface area contributed by atoms with E-state index in [2.05, 4.69) is 138 Å². The molecular weight excluding hydrogens is 596 g/mol. The minimum absolute atomic E-state index is 0.549. The molecule has 0 saturated heterocycles. The molecule has 224 valence electrons. The Hall–Kier alpha value is -5.90. The largest absolute Gasteiger partial charge is 0.435 e. The predicted octanol–water partition coefficient (Wildman–Crippen LogP) is 10.5. The van der Waals surface area contributed by atoms with Crippen LogP contribution in [-0.2, 0) is 0 Å². The van der Waals surface area contributed by atoms with Gasteiger partial charge in [0.15, 0.2) is 5.58 Å². The normalized spacial score (nSPS) is 11.8. The Balaban J connectivity index is 1.22. The van der Waals surface area contributed by atoms with E-state index in [1.54, 1.807) is 0 Å². The summed E-state index contributed by atoms with van der Waals surface area (Å²) >= 11 is 6.34. The summed E-state index contributed by atoms with van der Waals surface area (Å²) in [5.74, 6) is 0.549. The lowest BCUT2D eigenvalue weighted by Gasteiger charge is -2.15. The van der Waals surface area contributed by atoms with Gasteiger partial charge in [-0.15, -0.1) is 0 Å². The van der Waals surface area contributed by atoms with E-state index in [9.17, 15) is 0 Å². The van der Waals surface area contributed by atoms with Crippen molar-refractivity contribution in [3.8, 4) is 50.5 Å². The minimum Gasteiger partial charge on any atom is -0.435 e. The second-order valence-electron chi connectivity index (χ2n) is 11.4. The Morgan fingerprint density at radius 2 is 1.26 bits per heavy atom. The first-order chi connectivity index (χ1) is 23.1. The monoisotopic (exact) mass is 624 g/mol. The third-order valence-electron chi connectivity index (χ3n) is 8.67. The Morgan fingerprint density at radius 3 is 1.94 bits per heavy atom. The predicted molar refractivity (Wildman–Crippen MR) is 197 cm³/mol. The number of hydrogen-bond acceptors (Lipinski definition) is 2. The van der Waals surface area contributed by atoms with Crippen molar-refractivity contribution in [1.82, 2.24) is 9.55 Å². The fourth-order valence-electron chi connectivity index (χ4n) is 6.46. The molecule has 8 rings (SSSR count). The maximum atomic E-state index is 6.34. The number of para-hydroxylation sites is 2. The van der Waals surface area contributed by atoms with Crippen LogP contribution in [0.5, 0.6) is 0 Å². The zero-order valence-electron chi connectivity index (χ0n) is 25.5. The van der Waals surface area contributed by atoms with E-state index >= 15 is 0 Å². The van der Waals surface area contributed by atoms with Crippen LogP contribution < -0.4 is 10.6 Å². The topological polar surface area (TPSA) is 31.0 Å². The Kier molecular flexibility index (Phi) is 7.17. The molecule has 0 aliphatic heterocycles. The lowest BCUT2D eigenvalue weighted by molar-refractivity contribution is 0.620. The maximum absolute atomic E-state index is 6.34. The van der Waals surface area contributed by atoms with Crippen LogP contribution in [0.3, 0.4) is 0 Å². The number of fused-ring (bicyclic) bond motifs is 2. The standard InChI is InChI=1S/C43H29ClN2O/c1-3-12-40-28(2)37-27-31(25-26-41(37)46(40)32-13-5-4-6-14-32)34-16-8-10-18-36(34)35-17-9-7-15-33(35)29-21-23-30(24-22-29)43-45-39-20-11-19-38(44)42(39)47-43/h3-27H,1-2H2. The summed E-state index contributed by atoms with van der Waals surface area (Å²) < 4.78 is 8.27. The Morgan fingerprint density at radius 1 is 0.638 bits per heavy atom. The molecule has 0 aliphatic carbocycles. The van der Waals surface area contributed by atoms with E-state index in [0.717, 1.165) is 71.6 Å². The molecule has 0 aliphatic rings. The van der Waals surface area contributed by atoms with Crippen molar-refractivity contribution in [3.05, 3.63) is 168 Å². The van der Waals surface area contributed by atoms with Crippen LogP contribution in [0.1, 0.15) is 0 Å². The summed E-state index contributed by atoms with van der Waals surface area (Å²) in [5, 5.41) is 3.67. The highest BCUT2D eigenvalue weighted by atomic mass is 35.5. The molecule has 2 aromatic heterocycles. The zero-order chi connectivity index (χ0) is 31.9. The number of allylic oxidation sites excluding steroid dienone is 1. The molecule has 0 amide bonds. The van der Waals surface area contributed by atoms with Gasteiger partial charge < -0.3 is 8.98 Å². The van der Waals surface area contributed by atoms with E-state index in [0.29, 0.717) is 16.5 Å². The summed E-state index contributed by atoms with van der Waals surface area (Å²) in [7, 11) is 0. The fourth-order valence-corrected chi connectivity index (χ4v) is 6.66. The van der Waals surface area contributed by atoms with Gasteiger partial charge in [-0.2, -0.15) is 0 Å². The number of halogens is 1. The molecule has 0 fully saturated rings. The smallest absolute Gasteiger partial charge is 0.227 e. The molecule has 3 nitrogen and oxygen atoms in total. The number of oxazole rings is 1. The first-order valence-corrected chi connectivity index (χ1v) is 15.8. The SMILES string of the molecule is C=CC=c1c(=C)c2cc(-c3ccccc3-c3ccccc3-c3ccc(-c4nc5cccc(Cl)c5o4)cc3)ccc2n1-c1ccccc1. The molecule has 0 radical (unpaired) electrons. The molecule has 47 heavy (non-hydrogen) atoms. The summed E-state index contributed by atoms with van der Waals surface area (Å²) in [6.45, 7) is 8.48. The summed E-state index contributed by atoms with van der Waals surface area (Å²) in [4.78, 5) is 4.65. The van der Waals surface area contributed by atoms with Crippen molar-refractivity contribution in [3.63, 3.8) is 0 Å². The first kappa shape index (κ1) is 28.6. The van der Waals surface area contributed by atoms with E-state index < -0.39 is 0 Å². The second kappa shape index (κ2) is 11.8. The third-order valence-corrected chi connectivity index (χ3v) is 8.97. The first-order valence-electron chi connectivity index (χ1n) is 15.5. The highest BCUT2D eigenvalue weighted by Gasteiger charge is 2.16. The lowest BCUT2D eigenvalue weighted by Crippen LogP contribution is -2.26. The number of nitrogens with zero attached hydrogens (tertiary/aromatic N) is 2. The summed E-state index contributed by atoms with van der Waals surface area (Å²) in [6, 6.07) is 48.2. The van der Waals surface area contributed by atoms with Gasteiger partial charge in [0, 0.05) is 21.9 Å². The Labute approximate surface area is 277 Å². The number of rotatable bonds is 6. The van der Waals surface area contributed by atoms with Gasteiger partial charge in [0.1, 0.15) is 5.52 Å². The fraction of sp³-hybridized carbons (Fsp3) is 0. The van der Waals surface area contributed by atoms with Crippen molar-refractivity contribution in [1.29, 1.82) is 0 Å². The van der Waals surface area contributed by atoms with Gasteiger partial charge in [-0.1, -0.05) is 122 Å². The molecule has 2 heterocycles. The van der Waals surface area contributed by atoms with Gasteiger partial charge in [0.2, 0.25) is 5.89 Å². The third kappa shape index (κ3) is 4.98. The van der Waals surface area contributed by atoms with Crippen LogP contribution in [0, 0.1) is 0 Å². The molecule has 0 unspecified atom stereocenters. The molecule has 0 spiro atoms. The molecule has 8 aromatic rings. The van der Waals surface area contributed by atoms with Crippen LogP contribution in [0.4, 0.5) is 0 Å². The van der Waals surface area contributed by atoms with E-state index in [1.807, 2.05) is 36.4 Å². The van der Waals surface area contributed by atoms with Crippen LogP contribution in [0.15, 0.2) is 157 Å². The number of aromatic nitrogens is 2. The number of benzene rings is 6. The van der Waals surface area contributed by atoms with Crippen LogP contribution in [-0.4, -0.2) is 9.55 Å². The lowest BCUT2D eigenvalue weighted by atomic mass is 9.89. The molecule has 0 saturated carbocycles. The molecule has 6 aromatic carbocycles. The van der Waals surface area contributed by atoms with E-state index in [1.165, 1.54) is 0 Å². The molecular formula is C43H29ClN2O. The van der Waals surface area contributed by atoms with Crippen molar-refractivity contribution in [2.24, 2.45) is 0 Å². The van der Waals surface area contributed by atoms with Crippen LogP contribution in [0.2, 0.25) is 5.02 Å². The van der Waals surface area contributed by atoms with Gasteiger partial charge in [-0.05, 0) is 88.0 Å². The van der Waals surface area contributed by atoms with Crippen molar-refractivity contribution < 1.29 is 4.42 Å². The molecule has 0 atom stereocenters. The maximum Gasteiger partial charge on any atom is 0.227 e. The molecule has 0 N–H and O–H groups in total. The van der Waals surface area contributed by atoms with Gasteiger partial charge in [-0.25, -0.2) is 4.98 Å². The Bertz CT molecular complexity index is 2560. The number of hydrogen-bond donors (Lipinski definition) is 0. The summed E-state index contributed by atoms with van der Waals surface area (Å²) in [6.07, 6.45) is 3.86. The second-order valence-corrected chi connectivity index (χ2v) is 11.9. The van der Waals surface area contributed by atoms with Gasteiger partial charge in [0.25, 0.3) is 0 Å². The zero-order valence-corrected chi connectivity index (χ0v) is 26.3. The quantitative estimate of drug-likeness (QED) is 0.184.